The number of epoxide rings is 1. The largest absolute Gasteiger partial charge is 0.464 e. The molecule has 2 rings (SSSR count). The molecule has 0 bridgehead atoms. The maximum absolute atomic E-state index is 12.2. The van der Waals surface area contributed by atoms with Crippen LogP contribution in [0.15, 0.2) is 24.3 Å². The minimum atomic E-state index is -0.842. The standard InChI is InChI=1S/C15H19ClO3/c1-4-10-15(13(17)18-5-2)14(3,19-15)11-6-8-12(16)9-7-11/h6-9H,4-5,10H2,1-3H3. The van der Waals surface area contributed by atoms with E-state index < -0.39 is 11.2 Å². The molecule has 1 saturated heterocycles. The third-order valence-electron chi connectivity index (χ3n) is 3.71. The molecule has 0 radical (unpaired) electrons. The van der Waals surface area contributed by atoms with Crippen molar-refractivity contribution < 1.29 is 14.3 Å². The van der Waals surface area contributed by atoms with E-state index in [2.05, 4.69) is 0 Å². The molecular formula is C15H19ClO3. The molecule has 1 aliphatic heterocycles. The van der Waals surface area contributed by atoms with Crippen molar-refractivity contribution in [2.24, 2.45) is 0 Å². The van der Waals surface area contributed by atoms with E-state index in [1.54, 1.807) is 6.92 Å². The molecule has 3 nitrogen and oxygen atoms in total. The van der Waals surface area contributed by atoms with E-state index in [0.29, 0.717) is 18.1 Å². The van der Waals surface area contributed by atoms with Gasteiger partial charge in [0.05, 0.1) is 6.61 Å². The minimum Gasteiger partial charge on any atom is -0.464 e. The third-order valence-corrected chi connectivity index (χ3v) is 3.96. The summed E-state index contributed by atoms with van der Waals surface area (Å²) in [6.07, 6.45) is 1.52. The summed E-state index contributed by atoms with van der Waals surface area (Å²) in [5.41, 5.74) is -0.496. The highest BCUT2D eigenvalue weighted by atomic mass is 35.5. The van der Waals surface area contributed by atoms with E-state index in [9.17, 15) is 4.79 Å². The molecule has 2 unspecified atom stereocenters. The molecule has 0 spiro atoms. The highest BCUT2D eigenvalue weighted by molar-refractivity contribution is 6.30. The molecule has 4 heteroatoms. The van der Waals surface area contributed by atoms with Crippen LogP contribution in [-0.2, 0) is 19.9 Å². The molecule has 0 aromatic heterocycles. The lowest BCUT2D eigenvalue weighted by Gasteiger charge is -2.15. The van der Waals surface area contributed by atoms with Crippen LogP contribution in [-0.4, -0.2) is 18.2 Å². The summed E-state index contributed by atoms with van der Waals surface area (Å²) in [5.74, 6) is -0.269. The van der Waals surface area contributed by atoms with Crippen molar-refractivity contribution in [2.45, 2.75) is 44.8 Å². The Balaban J connectivity index is 2.29. The number of hydrogen-bond acceptors (Lipinski definition) is 3. The van der Waals surface area contributed by atoms with Crippen molar-refractivity contribution >= 4 is 17.6 Å². The number of carbonyl (C=O) groups excluding carboxylic acids is 1. The third kappa shape index (κ3) is 2.26. The molecule has 0 aliphatic carbocycles. The second kappa shape index (κ2) is 5.14. The molecule has 1 aromatic rings. The number of rotatable bonds is 5. The van der Waals surface area contributed by atoms with Gasteiger partial charge in [-0.2, -0.15) is 0 Å². The van der Waals surface area contributed by atoms with Crippen molar-refractivity contribution in [3.63, 3.8) is 0 Å². The van der Waals surface area contributed by atoms with Crippen LogP contribution in [0.2, 0.25) is 5.02 Å². The van der Waals surface area contributed by atoms with Gasteiger partial charge in [0.15, 0.2) is 5.60 Å². The van der Waals surface area contributed by atoms with Crippen LogP contribution in [0.25, 0.3) is 0 Å². The van der Waals surface area contributed by atoms with Crippen LogP contribution >= 0.6 is 11.6 Å². The van der Waals surface area contributed by atoms with Crippen LogP contribution in [0.5, 0.6) is 0 Å². The second-order valence-electron chi connectivity index (χ2n) is 4.94. The molecule has 1 aromatic carbocycles. The van der Waals surface area contributed by atoms with Crippen LogP contribution in [0.1, 0.15) is 39.2 Å². The fraction of sp³-hybridized carbons (Fsp3) is 0.533. The molecule has 2 atom stereocenters. The SMILES string of the molecule is CCCC1(C(=O)OCC)OC1(C)c1ccc(Cl)cc1. The van der Waals surface area contributed by atoms with Gasteiger partial charge in [0.1, 0.15) is 5.60 Å². The number of carbonyl (C=O) groups is 1. The van der Waals surface area contributed by atoms with Gasteiger partial charge >= 0.3 is 5.97 Å². The highest BCUT2D eigenvalue weighted by Gasteiger charge is 2.73. The van der Waals surface area contributed by atoms with Crippen molar-refractivity contribution in [1.82, 2.24) is 0 Å². The number of benzene rings is 1. The van der Waals surface area contributed by atoms with Crippen LogP contribution < -0.4 is 0 Å². The zero-order chi connectivity index (χ0) is 14.1. The first-order valence-corrected chi connectivity index (χ1v) is 7.01. The summed E-state index contributed by atoms with van der Waals surface area (Å²) in [5, 5.41) is 0.672. The van der Waals surface area contributed by atoms with E-state index in [4.69, 9.17) is 21.1 Å². The van der Waals surface area contributed by atoms with Crippen molar-refractivity contribution in [3.05, 3.63) is 34.9 Å². The first-order chi connectivity index (χ1) is 9.00. The monoisotopic (exact) mass is 282 g/mol. The zero-order valence-corrected chi connectivity index (χ0v) is 12.3. The Labute approximate surface area is 118 Å². The van der Waals surface area contributed by atoms with Gasteiger partial charge in [-0.25, -0.2) is 4.79 Å². The molecule has 1 aliphatic rings. The predicted octanol–water partition coefficient (Wildman–Crippen LogP) is 3.69. The fourth-order valence-electron chi connectivity index (χ4n) is 2.61. The van der Waals surface area contributed by atoms with Crippen LogP contribution in [0, 0.1) is 0 Å². The maximum Gasteiger partial charge on any atom is 0.341 e. The normalized spacial score (nSPS) is 29.1. The quantitative estimate of drug-likeness (QED) is 0.611. The zero-order valence-electron chi connectivity index (χ0n) is 11.5. The fourth-order valence-corrected chi connectivity index (χ4v) is 2.74. The van der Waals surface area contributed by atoms with Gasteiger partial charge in [0, 0.05) is 5.02 Å². The summed E-state index contributed by atoms with van der Waals surface area (Å²) >= 11 is 5.89. The Kier molecular flexibility index (Phi) is 3.88. The predicted molar refractivity (Wildman–Crippen MR) is 74.2 cm³/mol. The lowest BCUT2D eigenvalue weighted by Crippen LogP contribution is -2.33. The average Bonchev–Trinajstić information content (AvgIpc) is 2.99. The van der Waals surface area contributed by atoms with E-state index in [0.717, 1.165) is 12.0 Å². The molecule has 1 heterocycles. The Morgan fingerprint density at radius 2 is 1.95 bits per heavy atom. The van der Waals surface area contributed by atoms with Crippen molar-refractivity contribution in [2.75, 3.05) is 6.61 Å². The molecular weight excluding hydrogens is 264 g/mol. The Morgan fingerprint density at radius 1 is 1.32 bits per heavy atom. The number of ether oxygens (including phenoxy) is 2. The maximum atomic E-state index is 12.2. The number of esters is 1. The molecule has 0 amide bonds. The Bertz CT molecular complexity index is 471. The van der Waals surface area contributed by atoms with Gasteiger partial charge in [-0.3, -0.25) is 0 Å². The van der Waals surface area contributed by atoms with Gasteiger partial charge in [-0.1, -0.05) is 37.1 Å². The lowest BCUT2D eigenvalue weighted by atomic mass is 9.85. The number of hydrogen-bond donors (Lipinski definition) is 0. The summed E-state index contributed by atoms with van der Waals surface area (Å²) < 4.78 is 11.0. The molecule has 19 heavy (non-hydrogen) atoms. The average molecular weight is 283 g/mol. The molecule has 0 N–H and O–H groups in total. The second-order valence-corrected chi connectivity index (χ2v) is 5.38. The van der Waals surface area contributed by atoms with Gasteiger partial charge in [0.2, 0.25) is 0 Å². The van der Waals surface area contributed by atoms with E-state index in [1.165, 1.54) is 0 Å². The Morgan fingerprint density at radius 3 is 2.47 bits per heavy atom. The van der Waals surface area contributed by atoms with Crippen LogP contribution in [0.4, 0.5) is 0 Å². The molecule has 0 saturated carbocycles. The van der Waals surface area contributed by atoms with E-state index in [1.807, 2.05) is 38.1 Å². The molecule has 1 fully saturated rings. The summed E-state index contributed by atoms with van der Waals surface area (Å²) in [7, 11) is 0. The summed E-state index contributed by atoms with van der Waals surface area (Å²) in [6.45, 7) is 6.14. The van der Waals surface area contributed by atoms with E-state index >= 15 is 0 Å². The topological polar surface area (TPSA) is 38.8 Å². The minimum absolute atomic E-state index is 0.269. The van der Waals surface area contributed by atoms with E-state index in [-0.39, 0.29) is 5.97 Å². The van der Waals surface area contributed by atoms with Gasteiger partial charge in [-0.15, -0.1) is 0 Å². The Hall–Kier alpha value is -1.06. The van der Waals surface area contributed by atoms with Crippen LogP contribution in [0.3, 0.4) is 0 Å². The molecule has 104 valence electrons. The smallest absolute Gasteiger partial charge is 0.341 e. The summed E-state index contributed by atoms with van der Waals surface area (Å²) in [6, 6.07) is 7.43. The first kappa shape index (κ1) is 14.4. The van der Waals surface area contributed by atoms with Crippen molar-refractivity contribution in [1.29, 1.82) is 0 Å². The number of halogens is 1. The first-order valence-electron chi connectivity index (χ1n) is 6.63. The van der Waals surface area contributed by atoms with Gasteiger partial charge in [0.25, 0.3) is 0 Å². The van der Waals surface area contributed by atoms with Gasteiger partial charge in [-0.05, 0) is 38.0 Å². The van der Waals surface area contributed by atoms with Gasteiger partial charge < -0.3 is 9.47 Å². The lowest BCUT2D eigenvalue weighted by molar-refractivity contribution is -0.149. The summed E-state index contributed by atoms with van der Waals surface area (Å²) in [4.78, 5) is 12.2. The highest BCUT2D eigenvalue weighted by Crippen LogP contribution is 2.58. The van der Waals surface area contributed by atoms with Crippen molar-refractivity contribution in [3.8, 4) is 0 Å².